The second-order valence-electron chi connectivity index (χ2n) is 4.84. The molecule has 0 aliphatic rings. The van der Waals surface area contributed by atoms with Crippen molar-refractivity contribution in [3.8, 4) is 17.2 Å². The van der Waals surface area contributed by atoms with Crippen LogP contribution in [0.15, 0.2) is 34.6 Å². The summed E-state index contributed by atoms with van der Waals surface area (Å²) in [5, 5.41) is 13.6. The number of nitrogens with two attached hydrogens (primary N) is 1. The molecule has 0 bridgehead atoms. The van der Waals surface area contributed by atoms with Gasteiger partial charge >= 0.3 is 0 Å². The monoisotopic (exact) mass is 366 g/mol. The third kappa shape index (κ3) is 4.38. The van der Waals surface area contributed by atoms with Crippen LogP contribution in [0.1, 0.15) is 16.5 Å². The van der Waals surface area contributed by atoms with E-state index in [4.69, 9.17) is 11.0 Å². The normalized spacial score (nSPS) is 14.0. The van der Waals surface area contributed by atoms with Crippen molar-refractivity contribution in [2.24, 2.45) is 10.7 Å². The van der Waals surface area contributed by atoms with Crippen molar-refractivity contribution in [1.29, 1.82) is 5.26 Å². The Morgan fingerprint density at radius 2 is 2.29 bits per heavy atom. The van der Waals surface area contributed by atoms with Gasteiger partial charge in [-0.3, -0.25) is 4.99 Å². The van der Waals surface area contributed by atoms with Gasteiger partial charge in [0.1, 0.15) is 11.9 Å². The molecule has 0 saturated carbocycles. The van der Waals surface area contributed by atoms with Crippen LogP contribution in [0.5, 0.6) is 0 Å². The van der Waals surface area contributed by atoms with Gasteiger partial charge in [0, 0.05) is 11.9 Å². The Kier molecular flexibility index (Phi) is 6.03. The number of guanidine groups is 1. The standard InChI is InChI=1S/C15H15FN4O2S2/c1-19-15(18)20-13(8-24(21)22)14-5-11(7-23-14)9-2-3-12(16)10(4-9)6-17/h2-5,7,13H,8H2,1H3,(H,21,22)(H3,18,19,20). The highest BCUT2D eigenvalue weighted by molar-refractivity contribution is 7.79. The molecule has 0 radical (unpaired) electrons. The third-order valence-corrected chi connectivity index (χ3v) is 4.92. The molecule has 6 nitrogen and oxygen atoms in total. The Morgan fingerprint density at radius 3 is 2.92 bits per heavy atom. The smallest absolute Gasteiger partial charge is 0.188 e. The Morgan fingerprint density at radius 1 is 1.54 bits per heavy atom. The van der Waals surface area contributed by atoms with Gasteiger partial charge in [-0.25, -0.2) is 8.60 Å². The van der Waals surface area contributed by atoms with Crippen LogP contribution < -0.4 is 11.1 Å². The second kappa shape index (κ2) is 8.01. The number of nitrogens with zero attached hydrogens (tertiary/aromatic N) is 2. The van der Waals surface area contributed by atoms with E-state index in [-0.39, 0.29) is 17.3 Å². The first kappa shape index (κ1) is 18.1. The van der Waals surface area contributed by atoms with Gasteiger partial charge in [-0.15, -0.1) is 11.3 Å². The molecule has 0 spiro atoms. The highest BCUT2D eigenvalue weighted by Crippen LogP contribution is 2.30. The highest BCUT2D eigenvalue weighted by atomic mass is 32.2. The molecular formula is C15H15FN4O2S2. The van der Waals surface area contributed by atoms with E-state index in [1.165, 1.54) is 30.5 Å². The van der Waals surface area contributed by atoms with Crippen LogP contribution >= 0.6 is 11.3 Å². The molecular weight excluding hydrogens is 351 g/mol. The summed E-state index contributed by atoms with van der Waals surface area (Å²) in [6.45, 7) is 0. The quantitative estimate of drug-likeness (QED) is 0.427. The molecule has 0 amide bonds. The number of aliphatic imine (C=N–C) groups is 1. The maximum absolute atomic E-state index is 13.4. The van der Waals surface area contributed by atoms with Crippen molar-refractivity contribution in [2.45, 2.75) is 6.04 Å². The highest BCUT2D eigenvalue weighted by Gasteiger charge is 2.18. The molecule has 2 atom stereocenters. The topological polar surface area (TPSA) is 112 Å². The zero-order valence-corrected chi connectivity index (χ0v) is 14.3. The van der Waals surface area contributed by atoms with Crippen LogP contribution in [-0.4, -0.2) is 27.5 Å². The fourth-order valence-corrected chi connectivity index (χ4v) is 3.68. The van der Waals surface area contributed by atoms with Crippen LogP contribution in [0.4, 0.5) is 4.39 Å². The van der Waals surface area contributed by atoms with Crippen LogP contribution in [0, 0.1) is 17.1 Å². The van der Waals surface area contributed by atoms with E-state index < -0.39 is 22.9 Å². The molecule has 2 unspecified atom stereocenters. The van der Waals surface area contributed by atoms with Gasteiger partial charge in [0.05, 0.1) is 17.4 Å². The zero-order chi connectivity index (χ0) is 17.7. The first-order valence-electron chi connectivity index (χ1n) is 6.79. The Hall–Kier alpha value is -2.28. The number of halogens is 1. The lowest BCUT2D eigenvalue weighted by atomic mass is 10.1. The Bertz CT molecular complexity index is 829. The summed E-state index contributed by atoms with van der Waals surface area (Å²) in [5.41, 5.74) is 7.09. The lowest BCUT2D eigenvalue weighted by molar-refractivity contribution is 0.553. The minimum absolute atomic E-state index is 0.0336. The van der Waals surface area contributed by atoms with E-state index in [0.717, 1.165) is 10.4 Å². The lowest BCUT2D eigenvalue weighted by Crippen LogP contribution is -2.36. The van der Waals surface area contributed by atoms with Crippen molar-refractivity contribution in [2.75, 3.05) is 12.8 Å². The molecule has 0 aliphatic heterocycles. The van der Waals surface area contributed by atoms with Gasteiger partial charge in [0.2, 0.25) is 0 Å². The molecule has 126 valence electrons. The average Bonchev–Trinajstić information content (AvgIpc) is 3.04. The molecule has 9 heteroatoms. The molecule has 1 aromatic heterocycles. The Labute approximate surface area is 145 Å². The largest absolute Gasteiger partial charge is 0.370 e. The van der Waals surface area contributed by atoms with E-state index in [0.29, 0.717) is 5.56 Å². The number of rotatable bonds is 5. The van der Waals surface area contributed by atoms with Gasteiger partial charge < -0.3 is 15.6 Å². The molecule has 0 fully saturated rings. The first-order valence-corrected chi connectivity index (χ1v) is 8.94. The average molecular weight is 366 g/mol. The third-order valence-electron chi connectivity index (χ3n) is 3.26. The lowest BCUT2D eigenvalue weighted by Gasteiger charge is -2.15. The number of hydrogen-bond acceptors (Lipinski definition) is 4. The van der Waals surface area contributed by atoms with Gasteiger partial charge in [-0.1, -0.05) is 6.07 Å². The molecule has 2 aromatic rings. The summed E-state index contributed by atoms with van der Waals surface area (Å²) in [6, 6.07) is 7.43. The summed E-state index contributed by atoms with van der Waals surface area (Å²) >= 11 is -0.648. The SMILES string of the molecule is CN=C(N)NC(CS(=O)O)c1cc(-c2ccc(F)c(C#N)c2)cs1. The van der Waals surface area contributed by atoms with Crippen molar-refractivity contribution in [1.82, 2.24) is 5.32 Å². The maximum atomic E-state index is 13.4. The predicted molar refractivity (Wildman–Crippen MR) is 93.5 cm³/mol. The van der Waals surface area contributed by atoms with Gasteiger partial charge in [-0.05, 0) is 34.7 Å². The molecule has 0 saturated heterocycles. The number of nitrogens with one attached hydrogen (secondary N) is 1. The van der Waals surface area contributed by atoms with E-state index >= 15 is 0 Å². The molecule has 1 heterocycles. The van der Waals surface area contributed by atoms with Crippen LogP contribution in [0.2, 0.25) is 0 Å². The van der Waals surface area contributed by atoms with Crippen molar-refractivity contribution >= 4 is 28.4 Å². The van der Waals surface area contributed by atoms with Crippen LogP contribution in [0.25, 0.3) is 11.1 Å². The molecule has 0 aliphatic carbocycles. The van der Waals surface area contributed by atoms with Gasteiger partial charge in [-0.2, -0.15) is 5.26 Å². The van der Waals surface area contributed by atoms with Crippen molar-refractivity contribution in [3.05, 3.63) is 45.9 Å². The molecule has 1 aromatic carbocycles. The first-order chi connectivity index (χ1) is 11.4. The maximum Gasteiger partial charge on any atom is 0.188 e. The summed E-state index contributed by atoms with van der Waals surface area (Å²) in [7, 11) is 1.51. The van der Waals surface area contributed by atoms with Gasteiger partial charge in [0.15, 0.2) is 17.0 Å². The predicted octanol–water partition coefficient (Wildman–Crippen LogP) is 2.22. The fraction of sp³-hybridized carbons (Fsp3) is 0.200. The van der Waals surface area contributed by atoms with Gasteiger partial charge in [0.25, 0.3) is 0 Å². The van der Waals surface area contributed by atoms with Crippen molar-refractivity contribution in [3.63, 3.8) is 0 Å². The minimum Gasteiger partial charge on any atom is -0.370 e. The number of nitriles is 1. The summed E-state index contributed by atoms with van der Waals surface area (Å²) < 4.78 is 33.8. The summed E-state index contributed by atoms with van der Waals surface area (Å²) in [5.74, 6) is -0.462. The van der Waals surface area contributed by atoms with E-state index in [2.05, 4.69) is 10.3 Å². The minimum atomic E-state index is -2.02. The molecule has 2 rings (SSSR count). The number of benzene rings is 1. The number of thiophene rings is 1. The van der Waals surface area contributed by atoms with E-state index in [9.17, 15) is 13.2 Å². The fourth-order valence-electron chi connectivity index (χ4n) is 2.06. The number of hydrogen-bond donors (Lipinski definition) is 3. The summed E-state index contributed by atoms with van der Waals surface area (Å²) in [6.07, 6.45) is 0. The van der Waals surface area contributed by atoms with E-state index in [1.807, 2.05) is 11.4 Å². The van der Waals surface area contributed by atoms with Crippen molar-refractivity contribution < 1.29 is 13.2 Å². The summed E-state index contributed by atoms with van der Waals surface area (Å²) in [4.78, 5) is 4.57. The zero-order valence-electron chi connectivity index (χ0n) is 12.7. The Balaban J connectivity index is 2.33. The molecule has 24 heavy (non-hydrogen) atoms. The second-order valence-corrected chi connectivity index (χ2v) is 6.76. The van der Waals surface area contributed by atoms with Crippen LogP contribution in [0.3, 0.4) is 0 Å². The molecule has 4 N–H and O–H groups in total. The van der Waals surface area contributed by atoms with Crippen LogP contribution in [-0.2, 0) is 11.1 Å². The van der Waals surface area contributed by atoms with E-state index in [1.54, 1.807) is 12.1 Å².